The molecule has 3 saturated heterocycles. The maximum Gasteiger partial charge on any atom is 0.349 e. The van der Waals surface area contributed by atoms with Crippen molar-refractivity contribution in [2.75, 3.05) is 0 Å². The Kier molecular flexibility index (Phi) is 2.39. The molecule has 24 heavy (non-hydrogen) atoms. The summed E-state index contributed by atoms with van der Waals surface area (Å²) in [6, 6.07) is 18.7. The van der Waals surface area contributed by atoms with E-state index in [0.29, 0.717) is 11.1 Å². The number of ether oxygens (including phenoxy) is 4. The third-order valence-corrected chi connectivity index (χ3v) is 5.38. The van der Waals surface area contributed by atoms with Gasteiger partial charge in [-0.25, -0.2) is 4.79 Å². The first-order valence-electron chi connectivity index (χ1n) is 7.91. The summed E-state index contributed by atoms with van der Waals surface area (Å²) in [5.74, 6) is -3.19. The molecule has 0 saturated carbocycles. The molecule has 0 spiro atoms. The summed E-state index contributed by atoms with van der Waals surface area (Å²) >= 11 is 0. The highest BCUT2D eigenvalue weighted by Gasteiger charge is 2.89. The molecule has 3 aliphatic heterocycles. The van der Waals surface area contributed by atoms with E-state index in [1.165, 1.54) is 0 Å². The smallest absolute Gasteiger partial charge is 0.349 e. The normalized spacial score (nSPS) is 42.3. The Hall–Kier alpha value is -2.21. The minimum Gasteiger partial charge on any atom is -0.427 e. The fourth-order valence-electron chi connectivity index (χ4n) is 4.02. The van der Waals surface area contributed by atoms with Crippen LogP contribution in [0.25, 0.3) is 0 Å². The fourth-order valence-corrected chi connectivity index (χ4v) is 4.02. The number of carbonyl (C=O) groups excluding carboxylic acids is 1. The Labute approximate surface area is 139 Å². The van der Waals surface area contributed by atoms with Gasteiger partial charge in [-0.3, -0.25) is 9.47 Å². The minimum atomic E-state index is -1.47. The van der Waals surface area contributed by atoms with E-state index in [4.69, 9.17) is 18.9 Å². The van der Waals surface area contributed by atoms with Crippen molar-refractivity contribution in [3.8, 4) is 0 Å². The zero-order valence-electron chi connectivity index (χ0n) is 13.3. The van der Waals surface area contributed by atoms with Crippen molar-refractivity contribution in [1.82, 2.24) is 0 Å². The van der Waals surface area contributed by atoms with Crippen LogP contribution in [0.2, 0.25) is 0 Å². The largest absolute Gasteiger partial charge is 0.427 e. The van der Waals surface area contributed by atoms with E-state index in [0.717, 1.165) is 0 Å². The van der Waals surface area contributed by atoms with Gasteiger partial charge in [0.25, 0.3) is 0 Å². The van der Waals surface area contributed by atoms with Crippen molar-refractivity contribution < 1.29 is 23.7 Å². The van der Waals surface area contributed by atoms with E-state index in [1.807, 2.05) is 67.6 Å². The van der Waals surface area contributed by atoms with Crippen LogP contribution >= 0.6 is 0 Å². The van der Waals surface area contributed by atoms with Gasteiger partial charge in [0.1, 0.15) is 0 Å². The van der Waals surface area contributed by atoms with Gasteiger partial charge in [0.2, 0.25) is 11.4 Å². The molecule has 4 unspecified atom stereocenters. The quantitative estimate of drug-likeness (QED) is 0.795. The molecule has 2 aromatic carbocycles. The van der Waals surface area contributed by atoms with Crippen molar-refractivity contribution in [1.29, 1.82) is 0 Å². The molecule has 0 radical (unpaired) electrons. The number of hydrogen-bond acceptors (Lipinski definition) is 5. The minimum absolute atomic E-state index is 0.492. The van der Waals surface area contributed by atoms with Crippen LogP contribution in [-0.2, 0) is 35.3 Å². The van der Waals surface area contributed by atoms with Crippen LogP contribution in [0.15, 0.2) is 60.7 Å². The molecule has 2 aromatic rings. The molecular formula is C19H16O5. The predicted molar refractivity (Wildman–Crippen MR) is 82.4 cm³/mol. The Morgan fingerprint density at radius 3 is 1.96 bits per heavy atom. The summed E-state index contributed by atoms with van der Waals surface area (Å²) in [7, 11) is 0. The first-order chi connectivity index (χ1) is 11.5. The second kappa shape index (κ2) is 4.06. The highest BCUT2D eigenvalue weighted by Crippen LogP contribution is 2.70. The van der Waals surface area contributed by atoms with Gasteiger partial charge < -0.3 is 9.47 Å². The first-order valence-corrected chi connectivity index (χ1v) is 7.91. The molecule has 3 aliphatic rings. The van der Waals surface area contributed by atoms with Gasteiger partial charge in [-0.15, -0.1) is 0 Å². The molecular weight excluding hydrogens is 308 g/mol. The van der Waals surface area contributed by atoms with Crippen molar-refractivity contribution >= 4 is 5.97 Å². The van der Waals surface area contributed by atoms with Crippen LogP contribution < -0.4 is 0 Å². The standard InChI is InChI=1S/C19H16O5/c1-16-17(2)21-15(20)18(16,13-9-5-3-6-10-13)24-19(22-16,23-17)14-11-7-4-8-12-14/h3-12H,1-2H3. The maximum atomic E-state index is 12.9. The zero-order valence-corrected chi connectivity index (χ0v) is 13.3. The lowest BCUT2D eigenvalue weighted by molar-refractivity contribution is -0.371. The maximum absolute atomic E-state index is 12.9. The summed E-state index contributed by atoms with van der Waals surface area (Å²) < 4.78 is 24.2. The van der Waals surface area contributed by atoms with E-state index in [1.54, 1.807) is 6.92 Å². The molecule has 4 atom stereocenters. The summed E-state index contributed by atoms with van der Waals surface area (Å²) in [5.41, 5.74) is -1.08. The number of esters is 1. The summed E-state index contributed by atoms with van der Waals surface area (Å²) in [5, 5.41) is 0. The van der Waals surface area contributed by atoms with Gasteiger partial charge in [-0.05, 0) is 12.5 Å². The van der Waals surface area contributed by atoms with Crippen LogP contribution in [0.4, 0.5) is 0 Å². The average molecular weight is 324 g/mol. The van der Waals surface area contributed by atoms with Crippen LogP contribution in [0.5, 0.6) is 0 Å². The lowest BCUT2D eigenvalue weighted by atomic mass is 9.76. The van der Waals surface area contributed by atoms with E-state index >= 15 is 0 Å². The highest BCUT2D eigenvalue weighted by molar-refractivity contribution is 5.87. The van der Waals surface area contributed by atoms with Crippen LogP contribution in [0, 0.1) is 0 Å². The third kappa shape index (κ3) is 1.32. The number of benzene rings is 2. The molecule has 0 aromatic heterocycles. The van der Waals surface area contributed by atoms with Gasteiger partial charge >= 0.3 is 11.9 Å². The first kappa shape index (κ1) is 14.2. The average Bonchev–Trinajstić information content (AvgIpc) is 3.02. The molecule has 5 nitrogen and oxygen atoms in total. The number of rotatable bonds is 2. The Bertz CT molecular complexity index is 837. The monoisotopic (exact) mass is 324 g/mol. The molecule has 3 fully saturated rings. The molecule has 5 rings (SSSR count). The SMILES string of the molecule is CC12OC(=O)C3(c4ccccc4)OC(c4ccccc4)(O1)OC23C. The van der Waals surface area contributed by atoms with Crippen LogP contribution in [0.1, 0.15) is 25.0 Å². The lowest BCUT2D eigenvalue weighted by Gasteiger charge is -2.38. The van der Waals surface area contributed by atoms with Crippen molar-refractivity contribution in [2.45, 2.75) is 36.8 Å². The number of carbonyl (C=O) groups is 1. The predicted octanol–water partition coefficient (Wildman–Crippen LogP) is 2.80. The second-order valence-corrected chi connectivity index (χ2v) is 6.64. The fraction of sp³-hybridized carbons (Fsp3) is 0.316. The van der Waals surface area contributed by atoms with E-state index in [-0.39, 0.29) is 0 Å². The molecule has 5 heteroatoms. The summed E-state index contributed by atoms with van der Waals surface area (Å²) in [6.07, 6.45) is 0. The van der Waals surface area contributed by atoms with Crippen molar-refractivity contribution in [2.24, 2.45) is 0 Å². The van der Waals surface area contributed by atoms with Gasteiger partial charge in [0, 0.05) is 12.5 Å². The van der Waals surface area contributed by atoms with Crippen molar-refractivity contribution in [3.63, 3.8) is 0 Å². The van der Waals surface area contributed by atoms with Crippen molar-refractivity contribution in [3.05, 3.63) is 71.8 Å². The van der Waals surface area contributed by atoms with Gasteiger partial charge in [-0.2, -0.15) is 0 Å². The molecule has 2 bridgehead atoms. The van der Waals surface area contributed by atoms with Gasteiger partial charge in [0.15, 0.2) is 5.60 Å². The molecule has 3 heterocycles. The molecule has 0 N–H and O–H groups in total. The molecule has 0 aliphatic carbocycles. The second-order valence-electron chi connectivity index (χ2n) is 6.64. The number of fused-ring (bicyclic) bond motifs is 1. The zero-order chi connectivity index (χ0) is 16.6. The Morgan fingerprint density at radius 2 is 1.33 bits per heavy atom. The number of hydrogen-bond donors (Lipinski definition) is 0. The summed E-state index contributed by atoms with van der Waals surface area (Å²) in [6.45, 7) is 3.53. The topological polar surface area (TPSA) is 54.0 Å². The third-order valence-electron chi connectivity index (χ3n) is 5.38. The van der Waals surface area contributed by atoms with E-state index in [2.05, 4.69) is 0 Å². The highest BCUT2D eigenvalue weighted by atomic mass is 17.0. The lowest BCUT2D eigenvalue weighted by Crippen LogP contribution is -2.58. The van der Waals surface area contributed by atoms with Gasteiger partial charge in [0.05, 0.1) is 0 Å². The Morgan fingerprint density at radius 1 is 0.750 bits per heavy atom. The van der Waals surface area contributed by atoms with Crippen LogP contribution in [-0.4, -0.2) is 17.4 Å². The molecule has 0 amide bonds. The Balaban J connectivity index is 1.77. The molecule has 122 valence electrons. The van der Waals surface area contributed by atoms with Crippen LogP contribution in [0.3, 0.4) is 0 Å². The summed E-state index contributed by atoms with van der Waals surface area (Å²) in [4.78, 5) is 12.9. The van der Waals surface area contributed by atoms with Gasteiger partial charge in [-0.1, -0.05) is 60.7 Å². The van der Waals surface area contributed by atoms with E-state index < -0.39 is 28.9 Å². The van der Waals surface area contributed by atoms with E-state index in [9.17, 15) is 4.79 Å².